The van der Waals surface area contributed by atoms with E-state index in [1.807, 2.05) is 43.3 Å². The number of nitrogens with one attached hydrogen (secondary N) is 1. The molecule has 21 heavy (non-hydrogen) atoms. The normalized spacial score (nSPS) is 12.0. The molecule has 0 spiro atoms. The third-order valence-corrected chi connectivity index (χ3v) is 3.22. The summed E-state index contributed by atoms with van der Waals surface area (Å²) < 4.78 is 27.1. The Bertz CT molecular complexity index is 579. The van der Waals surface area contributed by atoms with E-state index in [9.17, 15) is 13.9 Å². The summed E-state index contributed by atoms with van der Waals surface area (Å²) in [6.45, 7) is 0.0269. The number of hydrogen-bond donors (Lipinski definition) is 2. The number of nitrogens with zero attached hydrogens (tertiary/aromatic N) is 1. The standard InChI is InChI=1S/C16H18F2N2O/c1-20(2)12-8-6-11(7-9-12)19-10-15(21)16-13(17)4-3-5-14(16)18/h3-9,15,19,21H,10H2,1-2H3. The summed E-state index contributed by atoms with van der Waals surface area (Å²) in [5.74, 6) is -1.49. The quantitative estimate of drug-likeness (QED) is 0.888. The van der Waals surface area contributed by atoms with Crippen molar-refractivity contribution in [3.63, 3.8) is 0 Å². The number of halogens is 2. The molecule has 1 unspecified atom stereocenters. The van der Waals surface area contributed by atoms with Gasteiger partial charge in [0, 0.05) is 32.0 Å². The van der Waals surface area contributed by atoms with Crippen LogP contribution in [0.15, 0.2) is 42.5 Å². The van der Waals surface area contributed by atoms with Crippen LogP contribution in [-0.2, 0) is 0 Å². The minimum absolute atomic E-state index is 0.0269. The van der Waals surface area contributed by atoms with E-state index in [0.717, 1.165) is 23.5 Å². The van der Waals surface area contributed by atoms with Gasteiger partial charge in [0.2, 0.25) is 0 Å². The Hall–Kier alpha value is -2.14. The van der Waals surface area contributed by atoms with Crippen molar-refractivity contribution in [1.29, 1.82) is 0 Å². The van der Waals surface area contributed by atoms with Crippen LogP contribution in [0.2, 0.25) is 0 Å². The monoisotopic (exact) mass is 292 g/mol. The van der Waals surface area contributed by atoms with Gasteiger partial charge in [0.1, 0.15) is 17.7 Å². The maximum Gasteiger partial charge on any atom is 0.132 e. The fourth-order valence-electron chi connectivity index (χ4n) is 2.02. The van der Waals surface area contributed by atoms with E-state index >= 15 is 0 Å². The number of aliphatic hydroxyl groups is 1. The van der Waals surface area contributed by atoms with Crippen molar-refractivity contribution in [2.45, 2.75) is 6.10 Å². The lowest BCUT2D eigenvalue weighted by molar-refractivity contribution is 0.181. The van der Waals surface area contributed by atoms with E-state index in [1.54, 1.807) is 0 Å². The predicted molar refractivity (Wildman–Crippen MR) is 80.6 cm³/mol. The van der Waals surface area contributed by atoms with Crippen LogP contribution in [0.1, 0.15) is 11.7 Å². The molecule has 2 rings (SSSR count). The fourth-order valence-corrected chi connectivity index (χ4v) is 2.02. The van der Waals surface area contributed by atoms with Crippen LogP contribution >= 0.6 is 0 Å². The van der Waals surface area contributed by atoms with Crippen LogP contribution in [0.25, 0.3) is 0 Å². The van der Waals surface area contributed by atoms with E-state index in [4.69, 9.17) is 0 Å². The highest BCUT2D eigenvalue weighted by atomic mass is 19.1. The summed E-state index contributed by atoms with van der Waals surface area (Å²) in [5, 5.41) is 12.9. The number of aliphatic hydroxyl groups excluding tert-OH is 1. The molecule has 2 aromatic rings. The second kappa shape index (κ2) is 6.54. The first-order chi connectivity index (χ1) is 9.99. The van der Waals surface area contributed by atoms with Gasteiger partial charge in [-0.25, -0.2) is 8.78 Å². The lowest BCUT2D eigenvalue weighted by Crippen LogP contribution is -2.15. The first-order valence-corrected chi connectivity index (χ1v) is 6.62. The molecule has 112 valence electrons. The van der Waals surface area contributed by atoms with Crippen LogP contribution in [0.4, 0.5) is 20.2 Å². The smallest absolute Gasteiger partial charge is 0.132 e. The molecule has 0 radical (unpaired) electrons. The van der Waals surface area contributed by atoms with Gasteiger partial charge in [0.05, 0.1) is 5.56 Å². The van der Waals surface area contributed by atoms with Gasteiger partial charge in [0.15, 0.2) is 0 Å². The molecular formula is C16H18F2N2O. The number of anilines is 2. The largest absolute Gasteiger partial charge is 0.386 e. The molecule has 0 amide bonds. The van der Waals surface area contributed by atoms with E-state index in [1.165, 1.54) is 6.07 Å². The third-order valence-electron chi connectivity index (χ3n) is 3.22. The highest BCUT2D eigenvalue weighted by molar-refractivity contribution is 5.54. The molecule has 2 N–H and O–H groups in total. The minimum atomic E-state index is -1.25. The molecule has 2 aromatic carbocycles. The Morgan fingerprint density at radius 2 is 1.62 bits per heavy atom. The van der Waals surface area contributed by atoms with Crippen LogP contribution in [0.5, 0.6) is 0 Å². The van der Waals surface area contributed by atoms with Gasteiger partial charge in [-0.3, -0.25) is 0 Å². The average molecular weight is 292 g/mol. The fraction of sp³-hybridized carbons (Fsp3) is 0.250. The maximum absolute atomic E-state index is 13.5. The molecular weight excluding hydrogens is 274 g/mol. The highest BCUT2D eigenvalue weighted by Gasteiger charge is 2.17. The molecule has 0 bridgehead atoms. The summed E-state index contributed by atoms with van der Waals surface area (Å²) in [5.41, 5.74) is 1.51. The molecule has 0 aromatic heterocycles. The predicted octanol–water partition coefficient (Wildman–Crippen LogP) is 3.18. The molecule has 5 heteroatoms. The van der Waals surface area contributed by atoms with Crippen LogP contribution in [-0.4, -0.2) is 25.7 Å². The number of benzene rings is 2. The molecule has 3 nitrogen and oxygen atoms in total. The topological polar surface area (TPSA) is 35.5 Å². The Labute approximate surface area is 122 Å². The lowest BCUT2D eigenvalue weighted by Gasteiger charge is -2.16. The number of hydrogen-bond acceptors (Lipinski definition) is 3. The summed E-state index contributed by atoms with van der Waals surface area (Å²) in [6.07, 6.45) is -1.25. The summed E-state index contributed by atoms with van der Waals surface area (Å²) >= 11 is 0. The highest BCUT2D eigenvalue weighted by Crippen LogP contribution is 2.22. The Morgan fingerprint density at radius 1 is 1.05 bits per heavy atom. The van der Waals surface area contributed by atoms with E-state index in [0.29, 0.717) is 0 Å². The second-order valence-corrected chi connectivity index (χ2v) is 4.97. The Morgan fingerprint density at radius 3 is 2.14 bits per heavy atom. The summed E-state index contributed by atoms with van der Waals surface area (Å²) in [7, 11) is 3.88. The van der Waals surface area contributed by atoms with E-state index in [-0.39, 0.29) is 12.1 Å². The average Bonchev–Trinajstić information content (AvgIpc) is 2.45. The van der Waals surface area contributed by atoms with Gasteiger partial charge in [-0.05, 0) is 36.4 Å². The van der Waals surface area contributed by atoms with Crippen molar-refractivity contribution in [2.75, 3.05) is 30.9 Å². The first kappa shape index (κ1) is 15.3. The van der Waals surface area contributed by atoms with Crippen molar-refractivity contribution in [2.24, 2.45) is 0 Å². The number of rotatable bonds is 5. The van der Waals surface area contributed by atoms with E-state index in [2.05, 4.69) is 5.32 Å². The molecule has 0 aliphatic carbocycles. The maximum atomic E-state index is 13.5. The Kier molecular flexibility index (Phi) is 4.75. The van der Waals surface area contributed by atoms with Crippen LogP contribution in [0.3, 0.4) is 0 Å². The molecule has 0 fully saturated rings. The lowest BCUT2D eigenvalue weighted by atomic mass is 10.1. The van der Waals surface area contributed by atoms with Gasteiger partial charge >= 0.3 is 0 Å². The second-order valence-electron chi connectivity index (χ2n) is 4.97. The first-order valence-electron chi connectivity index (χ1n) is 6.62. The molecule has 0 aliphatic rings. The van der Waals surface area contributed by atoms with Crippen molar-refractivity contribution in [1.82, 2.24) is 0 Å². The third kappa shape index (κ3) is 3.70. The van der Waals surface area contributed by atoms with Crippen molar-refractivity contribution < 1.29 is 13.9 Å². The van der Waals surface area contributed by atoms with Gasteiger partial charge in [-0.1, -0.05) is 6.07 Å². The zero-order chi connectivity index (χ0) is 15.4. The van der Waals surface area contributed by atoms with Crippen molar-refractivity contribution in [3.8, 4) is 0 Å². The van der Waals surface area contributed by atoms with Crippen molar-refractivity contribution >= 4 is 11.4 Å². The van der Waals surface area contributed by atoms with E-state index < -0.39 is 17.7 Å². The van der Waals surface area contributed by atoms with Gasteiger partial charge < -0.3 is 15.3 Å². The molecule has 0 saturated heterocycles. The zero-order valence-electron chi connectivity index (χ0n) is 12.0. The van der Waals surface area contributed by atoms with Crippen LogP contribution in [0, 0.1) is 11.6 Å². The van der Waals surface area contributed by atoms with Crippen molar-refractivity contribution in [3.05, 3.63) is 59.7 Å². The minimum Gasteiger partial charge on any atom is -0.386 e. The Balaban J connectivity index is 2.02. The zero-order valence-corrected chi connectivity index (χ0v) is 12.0. The molecule has 0 heterocycles. The molecule has 0 saturated carbocycles. The molecule has 1 atom stereocenters. The summed E-state index contributed by atoms with van der Waals surface area (Å²) in [6, 6.07) is 11.1. The van der Waals surface area contributed by atoms with Gasteiger partial charge in [-0.15, -0.1) is 0 Å². The van der Waals surface area contributed by atoms with Crippen LogP contribution < -0.4 is 10.2 Å². The molecule has 0 aliphatic heterocycles. The van der Waals surface area contributed by atoms with Gasteiger partial charge in [0.25, 0.3) is 0 Å². The SMILES string of the molecule is CN(C)c1ccc(NCC(O)c2c(F)cccc2F)cc1. The van der Waals surface area contributed by atoms with Gasteiger partial charge in [-0.2, -0.15) is 0 Å². The summed E-state index contributed by atoms with van der Waals surface area (Å²) in [4.78, 5) is 1.97.